The number of likely N-dealkylation sites (N-methyl/N-ethyl adjacent to an activating group) is 1. The van der Waals surface area contributed by atoms with Gasteiger partial charge < -0.3 is 20.9 Å². The molecule has 8 nitrogen and oxygen atoms in total. The van der Waals surface area contributed by atoms with Crippen molar-refractivity contribution in [1.82, 2.24) is 14.8 Å². The monoisotopic (exact) mass is 291 g/mol. The van der Waals surface area contributed by atoms with Crippen LogP contribution >= 0.6 is 0 Å². The standard InChI is InChI=1S/C13H17N5O3/c1-2-17-5-6-18(13(21)12(17)20)8-11(19)16-9-3-4-10(14)15-7-9/h3-4,7H,2,5-6,8H2,1H3,(H2,14,15)(H,16,19). The normalized spacial score (nSPS) is 15.3. The van der Waals surface area contributed by atoms with Gasteiger partial charge in [0.2, 0.25) is 5.91 Å². The smallest absolute Gasteiger partial charge is 0.312 e. The number of rotatable bonds is 4. The van der Waals surface area contributed by atoms with Gasteiger partial charge in [0.25, 0.3) is 0 Å². The molecule has 2 rings (SSSR count). The highest BCUT2D eigenvalue weighted by molar-refractivity contribution is 6.35. The van der Waals surface area contributed by atoms with Crippen LogP contribution in [0.3, 0.4) is 0 Å². The van der Waals surface area contributed by atoms with Gasteiger partial charge in [0.1, 0.15) is 12.4 Å². The van der Waals surface area contributed by atoms with E-state index >= 15 is 0 Å². The van der Waals surface area contributed by atoms with Crippen LogP contribution in [0.2, 0.25) is 0 Å². The van der Waals surface area contributed by atoms with Gasteiger partial charge in [-0.15, -0.1) is 0 Å². The fourth-order valence-corrected chi connectivity index (χ4v) is 2.02. The maximum Gasteiger partial charge on any atom is 0.312 e. The third-order valence-electron chi connectivity index (χ3n) is 3.18. The number of amides is 3. The van der Waals surface area contributed by atoms with Crippen LogP contribution in [0.25, 0.3) is 0 Å². The Balaban J connectivity index is 1.92. The second kappa shape index (κ2) is 6.21. The lowest BCUT2D eigenvalue weighted by atomic mass is 10.3. The summed E-state index contributed by atoms with van der Waals surface area (Å²) < 4.78 is 0. The zero-order valence-electron chi connectivity index (χ0n) is 11.7. The molecule has 0 aliphatic carbocycles. The maximum atomic E-state index is 11.9. The molecular weight excluding hydrogens is 274 g/mol. The molecule has 3 N–H and O–H groups in total. The lowest BCUT2D eigenvalue weighted by Crippen LogP contribution is -2.55. The van der Waals surface area contributed by atoms with E-state index in [1.165, 1.54) is 16.0 Å². The summed E-state index contributed by atoms with van der Waals surface area (Å²) in [5.41, 5.74) is 5.93. The van der Waals surface area contributed by atoms with Crippen LogP contribution in [0.5, 0.6) is 0 Å². The van der Waals surface area contributed by atoms with Crippen LogP contribution in [0.4, 0.5) is 11.5 Å². The number of nitrogens with two attached hydrogens (primary N) is 1. The van der Waals surface area contributed by atoms with Crippen molar-refractivity contribution in [2.24, 2.45) is 0 Å². The molecule has 1 saturated heterocycles. The molecule has 0 bridgehead atoms. The van der Waals surface area contributed by atoms with Crippen LogP contribution in [-0.4, -0.2) is 58.7 Å². The Bertz CT molecular complexity index is 557. The number of nitrogens with zero attached hydrogens (tertiary/aromatic N) is 3. The second-order valence-corrected chi connectivity index (χ2v) is 4.63. The van der Waals surface area contributed by atoms with Gasteiger partial charge in [-0.25, -0.2) is 4.98 Å². The van der Waals surface area contributed by atoms with E-state index in [9.17, 15) is 14.4 Å². The average molecular weight is 291 g/mol. The van der Waals surface area contributed by atoms with Crippen molar-refractivity contribution < 1.29 is 14.4 Å². The van der Waals surface area contributed by atoms with Crippen molar-refractivity contribution in [3.8, 4) is 0 Å². The molecule has 2 heterocycles. The molecule has 0 aromatic carbocycles. The molecule has 0 unspecified atom stereocenters. The largest absolute Gasteiger partial charge is 0.384 e. The predicted molar refractivity (Wildman–Crippen MR) is 76.1 cm³/mol. The number of hydrogen-bond donors (Lipinski definition) is 2. The molecule has 21 heavy (non-hydrogen) atoms. The molecule has 0 atom stereocenters. The van der Waals surface area contributed by atoms with Crippen molar-refractivity contribution in [2.45, 2.75) is 6.92 Å². The molecule has 0 radical (unpaired) electrons. The van der Waals surface area contributed by atoms with E-state index in [-0.39, 0.29) is 12.5 Å². The predicted octanol–water partition coefficient (Wildman–Crippen LogP) is -0.707. The number of anilines is 2. The van der Waals surface area contributed by atoms with Crippen molar-refractivity contribution in [2.75, 3.05) is 37.2 Å². The van der Waals surface area contributed by atoms with E-state index < -0.39 is 11.8 Å². The molecule has 112 valence electrons. The van der Waals surface area contributed by atoms with E-state index in [1.807, 2.05) is 6.92 Å². The summed E-state index contributed by atoms with van der Waals surface area (Å²) in [5.74, 6) is -1.24. The Labute approximate surface area is 121 Å². The lowest BCUT2D eigenvalue weighted by Gasteiger charge is -2.32. The fourth-order valence-electron chi connectivity index (χ4n) is 2.02. The number of nitrogens with one attached hydrogen (secondary N) is 1. The first-order valence-electron chi connectivity index (χ1n) is 6.60. The summed E-state index contributed by atoms with van der Waals surface area (Å²) in [4.78, 5) is 42.0. The Morgan fingerprint density at radius 3 is 2.57 bits per heavy atom. The molecule has 1 aliphatic heterocycles. The quantitative estimate of drug-likeness (QED) is 0.713. The maximum absolute atomic E-state index is 11.9. The molecule has 0 saturated carbocycles. The number of aromatic nitrogens is 1. The minimum atomic E-state index is -0.645. The Morgan fingerprint density at radius 1 is 1.29 bits per heavy atom. The third-order valence-corrected chi connectivity index (χ3v) is 3.18. The van der Waals surface area contributed by atoms with Gasteiger partial charge in [-0.2, -0.15) is 0 Å². The zero-order chi connectivity index (χ0) is 15.4. The summed E-state index contributed by atoms with van der Waals surface area (Å²) in [6.45, 7) is 2.93. The Kier molecular flexibility index (Phi) is 4.36. The van der Waals surface area contributed by atoms with E-state index in [1.54, 1.807) is 12.1 Å². The molecule has 1 fully saturated rings. The molecule has 0 spiro atoms. The topological polar surface area (TPSA) is 109 Å². The Morgan fingerprint density at radius 2 is 1.95 bits per heavy atom. The van der Waals surface area contributed by atoms with E-state index in [2.05, 4.69) is 10.3 Å². The number of carbonyl (C=O) groups is 3. The van der Waals surface area contributed by atoms with Crippen LogP contribution < -0.4 is 11.1 Å². The second-order valence-electron chi connectivity index (χ2n) is 4.63. The van der Waals surface area contributed by atoms with Crippen molar-refractivity contribution >= 4 is 29.2 Å². The van der Waals surface area contributed by atoms with Crippen molar-refractivity contribution in [1.29, 1.82) is 0 Å². The SMILES string of the molecule is CCN1CCN(CC(=O)Nc2ccc(N)nc2)C(=O)C1=O. The number of nitrogen functional groups attached to an aromatic ring is 1. The van der Waals surface area contributed by atoms with E-state index in [4.69, 9.17) is 5.73 Å². The van der Waals surface area contributed by atoms with Crippen LogP contribution in [0.1, 0.15) is 6.92 Å². The number of hydrogen-bond acceptors (Lipinski definition) is 5. The highest BCUT2D eigenvalue weighted by Gasteiger charge is 2.32. The van der Waals surface area contributed by atoms with Gasteiger partial charge in [0.15, 0.2) is 0 Å². The molecule has 3 amide bonds. The molecule has 1 aromatic rings. The lowest BCUT2D eigenvalue weighted by molar-refractivity contribution is -0.156. The molecule has 8 heteroatoms. The third kappa shape index (κ3) is 3.47. The highest BCUT2D eigenvalue weighted by Crippen LogP contribution is 2.08. The van der Waals surface area contributed by atoms with Gasteiger partial charge in [-0.05, 0) is 19.1 Å². The number of piperazine rings is 1. The minimum absolute atomic E-state index is 0.160. The van der Waals surface area contributed by atoms with E-state index in [0.717, 1.165) is 0 Å². The minimum Gasteiger partial charge on any atom is -0.384 e. The van der Waals surface area contributed by atoms with Crippen LogP contribution in [0, 0.1) is 0 Å². The van der Waals surface area contributed by atoms with Crippen molar-refractivity contribution in [3.05, 3.63) is 18.3 Å². The first-order valence-corrected chi connectivity index (χ1v) is 6.60. The van der Waals surface area contributed by atoms with Gasteiger partial charge in [0.05, 0.1) is 11.9 Å². The van der Waals surface area contributed by atoms with Gasteiger partial charge in [-0.1, -0.05) is 0 Å². The van der Waals surface area contributed by atoms with Crippen molar-refractivity contribution in [3.63, 3.8) is 0 Å². The summed E-state index contributed by atoms with van der Waals surface area (Å²) in [6, 6.07) is 3.17. The summed E-state index contributed by atoms with van der Waals surface area (Å²) in [5, 5.41) is 2.60. The molecule has 1 aliphatic rings. The van der Waals surface area contributed by atoms with Crippen LogP contribution in [-0.2, 0) is 14.4 Å². The fraction of sp³-hybridized carbons (Fsp3) is 0.385. The number of pyridine rings is 1. The summed E-state index contributed by atoms with van der Waals surface area (Å²) in [7, 11) is 0. The average Bonchev–Trinajstić information content (AvgIpc) is 2.47. The first kappa shape index (κ1) is 14.8. The van der Waals surface area contributed by atoms with E-state index in [0.29, 0.717) is 31.1 Å². The summed E-state index contributed by atoms with van der Waals surface area (Å²) >= 11 is 0. The molecule has 1 aromatic heterocycles. The van der Waals surface area contributed by atoms with Gasteiger partial charge >= 0.3 is 11.8 Å². The Hall–Kier alpha value is -2.64. The van der Waals surface area contributed by atoms with Gasteiger partial charge in [0, 0.05) is 19.6 Å². The molecular formula is C13H17N5O3. The summed E-state index contributed by atoms with van der Waals surface area (Å²) in [6.07, 6.45) is 1.43. The zero-order valence-corrected chi connectivity index (χ0v) is 11.7. The first-order chi connectivity index (χ1) is 10.0. The highest BCUT2D eigenvalue weighted by atomic mass is 16.2. The number of carbonyl (C=O) groups excluding carboxylic acids is 3. The van der Waals surface area contributed by atoms with Gasteiger partial charge in [-0.3, -0.25) is 14.4 Å². The van der Waals surface area contributed by atoms with Crippen LogP contribution in [0.15, 0.2) is 18.3 Å².